The van der Waals surface area contributed by atoms with Crippen LogP contribution < -0.4 is 5.73 Å². The predicted molar refractivity (Wildman–Crippen MR) is 95.3 cm³/mol. The molecule has 1 aliphatic rings. The maximum Gasteiger partial charge on any atom is 0.257 e. The van der Waals surface area contributed by atoms with Crippen molar-refractivity contribution >= 4 is 0 Å². The SMILES string of the molecule is CCN(Cc1ccc(-c2nc(C3(N)CCCC3)no2)cc1)C(C)C. The molecule has 0 amide bonds. The lowest BCUT2D eigenvalue weighted by atomic mass is 9.98. The smallest absolute Gasteiger partial charge is 0.257 e. The van der Waals surface area contributed by atoms with E-state index in [4.69, 9.17) is 10.3 Å². The highest BCUT2D eigenvalue weighted by atomic mass is 16.5. The first-order chi connectivity index (χ1) is 11.5. The normalized spacial score (nSPS) is 17.1. The van der Waals surface area contributed by atoms with Crippen molar-refractivity contribution in [1.29, 1.82) is 0 Å². The number of hydrogen-bond acceptors (Lipinski definition) is 5. The summed E-state index contributed by atoms with van der Waals surface area (Å²) in [5.41, 5.74) is 8.24. The molecule has 1 saturated carbocycles. The fourth-order valence-corrected chi connectivity index (χ4v) is 3.42. The largest absolute Gasteiger partial charge is 0.334 e. The fraction of sp³-hybridized carbons (Fsp3) is 0.579. The first-order valence-corrected chi connectivity index (χ1v) is 8.98. The van der Waals surface area contributed by atoms with Gasteiger partial charge in [0.15, 0.2) is 5.82 Å². The lowest BCUT2D eigenvalue weighted by Crippen LogP contribution is -2.34. The average molecular weight is 328 g/mol. The molecule has 130 valence electrons. The highest BCUT2D eigenvalue weighted by molar-refractivity contribution is 5.53. The van der Waals surface area contributed by atoms with Gasteiger partial charge in [0.2, 0.25) is 0 Å². The minimum absolute atomic E-state index is 0.402. The first-order valence-electron chi connectivity index (χ1n) is 8.98. The van der Waals surface area contributed by atoms with Gasteiger partial charge in [-0.1, -0.05) is 37.1 Å². The van der Waals surface area contributed by atoms with E-state index >= 15 is 0 Å². The minimum atomic E-state index is -0.402. The number of nitrogens with two attached hydrogens (primary N) is 1. The van der Waals surface area contributed by atoms with Crippen LogP contribution in [-0.2, 0) is 12.1 Å². The van der Waals surface area contributed by atoms with E-state index in [1.807, 2.05) is 0 Å². The van der Waals surface area contributed by atoms with E-state index in [0.717, 1.165) is 44.3 Å². The Kier molecular flexibility index (Phi) is 5.01. The summed E-state index contributed by atoms with van der Waals surface area (Å²) in [5, 5.41) is 4.13. The zero-order valence-electron chi connectivity index (χ0n) is 15.0. The monoisotopic (exact) mass is 328 g/mol. The average Bonchev–Trinajstić information content (AvgIpc) is 3.23. The van der Waals surface area contributed by atoms with Gasteiger partial charge < -0.3 is 10.3 Å². The number of benzene rings is 1. The molecular weight excluding hydrogens is 300 g/mol. The van der Waals surface area contributed by atoms with Gasteiger partial charge in [-0.05, 0) is 50.9 Å². The summed E-state index contributed by atoms with van der Waals surface area (Å²) >= 11 is 0. The van der Waals surface area contributed by atoms with Crippen molar-refractivity contribution in [2.75, 3.05) is 6.54 Å². The highest BCUT2D eigenvalue weighted by Crippen LogP contribution is 2.35. The molecule has 0 unspecified atom stereocenters. The molecule has 2 aromatic rings. The van der Waals surface area contributed by atoms with Gasteiger partial charge in [-0.3, -0.25) is 4.90 Å². The van der Waals surface area contributed by atoms with Gasteiger partial charge in [0.05, 0.1) is 5.54 Å². The van der Waals surface area contributed by atoms with Gasteiger partial charge in [0.1, 0.15) is 0 Å². The van der Waals surface area contributed by atoms with Crippen LogP contribution in [0.25, 0.3) is 11.5 Å². The molecule has 1 fully saturated rings. The van der Waals surface area contributed by atoms with Crippen molar-refractivity contribution in [3.8, 4) is 11.5 Å². The summed E-state index contributed by atoms with van der Waals surface area (Å²) in [5.74, 6) is 1.21. The molecule has 1 aromatic carbocycles. The maximum absolute atomic E-state index is 6.40. The number of aromatic nitrogens is 2. The predicted octanol–water partition coefficient (Wildman–Crippen LogP) is 3.69. The van der Waals surface area contributed by atoms with Gasteiger partial charge in [0.25, 0.3) is 5.89 Å². The van der Waals surface area contributed by atoms with E-state index in [1.165, 1.54) is 5.56 Å². The fourth-order valence-electron chi connectivity index (χ4n) is 3.42. The number of hydrogen-bond donors (Lipinski definition) is 1. The Morgan fingerprint density at radius 1 is 1.21 bits per heavy atom. The topological polar surface area (TPSA) is 68.2 Å². The van der Waals surface area contributed by atoms with Crippen molar-refractivity contribution in [2.45, 2.75) is 64.6 Å². The second-order valence-corrected chi connectivity index (χ2v) is 7.14. The molecule has 1 aliphatic carbocycles. The van der Waals surface area contributed by atoms with E-state index in [9.17, 15) is 0 Å². The Morgan fingerprint density at radius 2 is 1.88 bits per heavy atom. The molecule has 2 N–H and O–H groups in total. The third-order valence-corrected chi connectivity index (χ3v) is 5.09. The third kappa shape index (κ3) is 3.52. The molecule has 0 saturated heterocycles. The molecule has 5 nitrogen and oxygen atoms in total. The van der Waals surface area contributed by atoms with E-state index in [2.05, 4.69) is 60.1 Å². The molecule has 0 spiro atoms. The molecular formula is C19H28N4O. The first kappa shape index (κ1) is 17.1. The maximum atomic E-state index is 6.40. The lowest BCUT2D eigenvalue weighted by Gasteiger charge is -2.24. The summed E-state index contributed by atoms with van der Waals surface area (Å²) in [6.45, 7) is 8.65. The van der Waals surface area contributed by atoms with Crippen LogP contribution >= 0.6 is 0 Å². The van der Waals surface area contributed by atoms with E-state index < -0.39 is 5.54 Å². The van der Waals surface area contributed by atoms with Crippen molar-refractivity contribution in [3.63, 3.8) is 0 Å². The lowest BCUT2D eigenvalue weighted by molar-refractivity contribution is 0.225. The molecule has 0 radical (unpaired) electrons. The van der Waals surface area contributed by atoms with E-state index in [-0.39, 0.29) is 0 Å². The molecule has 5 heteroatoms. The standard InChI is InChI=1S/C19H28N4O/c1-4-23(14(2)3)13-15-7-9-16(10-8-15)17-21-18(22-24-17)19(20)11-5-6-12-19/h7-10,14H,4-6,11-13,20H2,1-3H3. The molecule has 0 atom stereocenters. The summed E-state index contributed by atoms with van der Waals surface area (Å²) in [6, 6.07) is 8.92. The van der Waals surface area contributed by atoms with E-state index in [1.54, 1.807) is 0 Å². The van der Waals surface area contributed by atoms with Crippen molar-refractivity contribution in [3.05, 3.63) is 35.7 Å². The van der Waals surface area contributed by atoms with Crippen LogP contribution in [0, 0.1) is 0 Å². The Morgan fingerprint density at radius 3 is 2.46 bits per heavy atom. The van der Waals surface area contributed by atoms with Gasteiger partial charge in [-0.15, -0.1) is 0 Å². The Labute approximate surface area is 144 Å². The molecule has 24 heavy (non-hydrogen) atoms. The summed E-state index contributed by atoms with van der Waals surface area (Å²) in [7, 11) is 0. The Hall–Kier alpha value is -1.72. The molecule has 0 aliphatic heterocycles. The second kappa shape index (κ2) is 7.03. The second-order valence-electron chi connectivity index (χ2n) is 7.14. The van der Waals surface area contributed by atoms with E-state index in [0.29, 0.717) is 17.8 Å². The molecule has 1 heterocycles. The van der Waals surface area contributed by atoms with Crippen LogP contribution in [0.2, 0.25) is 0 Å². The minimum Gasteiger partial charge on any atom is -0.334 e. The highest BCUT2D eigenvalue weighted by Gasteiger charge is 2.36. The molecule has 3 rings (SSSR count). The van der Waals surface area contributed by atoms with Gasteiger partial charge >= 0.3 is 0 Å². The number of nitrogens with zero attached hydrogens (tertiary/aromatic N) is 3. The van der Waals surface area contributed by atoms with Crippen molar-refractivity contribution in [2.24, 2.45) is 5.73 Å². The van der Waals surface area contributed by atoms with Crippen LogP contribution in [0.4, 0.5) is 0 Å². The zero-order chi connectivity index (χ0) is 17.2. The van der Waals surface area contributed by atoms with Crippen LogP contribution in [0.5, 0.6) is 0 Å². The van der Waals surface area contributed by atoms with Crippen LogP contribution in [0.1, 0.15) is 57.8 Å². The van der Waals surface area contributed by atoms with Gasteiger partial charge in [-0.2, -0.15) is 4.98 Å². The Bertz CT molecular complexity index is 656. The van der Waals surface area contributed by atoms with Crippen LogP contribution in [-0.4, -0.2) is 27.6 Å². The van der Waals surface area contributed by atoms with Crippen LogP contribution in [0.15, 0.2) is 28.8 Å². The zero-order valence-corrected chi connectivity index (χ0v) is 15.0. The molecule has 1 aromatic heterocycles. The van der Waals surface area contributed by atoms with Crippen molar-refractivity contribution < 1.29 is 4.52 Å². The van der Waals surface area contributed by atoms with Gasteiger partial charge in [0, 0.05) is 18.2 Å². The summed E-state index contributed by atoms with van der Waals surface area (Å²) in [4.78, 5) is 6.98. The Balaban J connectivity index is 1.73. The van der Waals surface area contributed by atoms with Crippen LogP contribution in [0.3, 0.4) is 0 Å². The molecule has 0 bridgehead atoms. The van der Waals surface area contributed by atoms with Gasteiger partial charge in [-0.25, -0.2) is 0 Å². The third-order valence-electron chi connectivity index (χ3n) is 5.09. The summed E-state index contributed by atoms with van der Waals surface area (Å²) < 4.78 is 5.46. The number of rotatable bonds is 6. The quantitative estimate of drug-likeness (QED) is 0.876. The summed E-state index contributed by atoms with van der Waals surface area (Å²) in [6.07, 6.45) is 4.15. The van der Waals surface area contributed by atoms with Crippen molar-refractivity contribution in [1.82, 2.24) is 15.0 Å².